The van der Waals surface area contributed by atoms with Gasteiger partial charge in [0.05, 0.1) is 6.20 Å². The standard InChI is InChI=1S/C14H24ClN5/c1-3-7-20-8-5-11(6-9-20)18-13-12(15)10-17-14(19-13)16-4-2/h10-11H,3-9H2,1-2H3,(H2,16,17,18,19). The molecule has 1 aliphatic heterocycles. The first-order valence-corrected chi connectivity index (χ1v) is 7.86. The van der Waals surface area contributed by atoms with Crippen molar-refractivity contribution in [1.29, 1.82) is 0 Å². The maximum absolute atomic E-state index is 6.17. The summed E-state index contributed by atoms with van der Waals surface area (Å²) in [7, 11) is 0. The molecule has 0 radical (unpaired) electrons. The van der Waals surface area contributed by atoms with Gasteiger partial charge in [0, 0.05) is 25.7 Å². The molecular weight excluding hydrogens is 274 g/mol. The molecule has 0 saturated carbocycles. The van der Waals surface area contributed by atoms with E-state index >= 15 is 0 Å². The number of rotatable bonds is 6. The number of aromatic nitrogens is 2. The lowest BCUT2D eigenvalue weighted by Gasteiger charge is -2.32. The molecule has 1 aliphatic rings. The summed E-state index contributed by atoms with van der Waals surface area (Å²) in [6.45, 7) is 8.55. The smallest absolute Gasteiger partial charge is 0.224 e. The minimum atomic E-state index is 0.449. The predicted molar refractivity (Wildman–Crippen MR) is 84.6 cm³/mol. The molecule has 1 saturated heterocycles. The van der Waals surface area contributed by atoms with E-state index in [9.17, 15) is 0 Å². The first-order chi connectivity index (χ1) is 9.72. The Morgan fingerprint density at radius 3 is 2.75 bits per heavy atom. The molecule has 0 bridgehead atoms. The van der Waals surface area contributed by atoms with Crippen molar-refractivity contribution in [3.05, 3.63) is 11.2 Å². The van der Waals surface area contributed by atoms with Crippen LogP contribution >= 0.6 is 11.6 Å². The normalized spacial score (nSPS) is 17.1. The fourth-order valence-electron chi connectivity index (χ4n) is 2.52. The highest BCUT2D eigenvalue weighted by molar-refractivity contribution is 6.32. The number of halogens is 1. The van der Waals surface area contributed by atoms with Crippen LogP contribution in [0.4, 0.5) is 11.8 Å². The molecular formula is C14H24ClN5. The highest BCUT2D eigenvalue weighted by Gasteiger charge is 2.19. The predicted octanol–water partition coefficient (Wildman–Crippen LogP) is 2.85. The van der Waals surface area contributed by atoms with Crippen molar-refractivity contribution in [3.63, 3.8) is 0 Å². The lowest BCUT2D eigenvalue weighted by molar-refractivity contribution is 0.219. The zero-order valence-corrected chi connectivity index (χ0v) is 13.1. The molecule has 1 aromatic rings. The monoisotopic (exact) mass is 297 g/mol. The van der Waals surface area contributed by atoms with Gasteiger partial charge in [-0.2, -0.15) is 4.98 Å². The minimum absolute atomic E-state index is 0.449. The molecule has 20 heavy (non-hydrogen) atoms. The number of hydrogen-bond acceptors (Lipinski definition) is 5. The third kappa shape index (κ3) is 4.21. The van der Waals surface area contributed by atoms with E-state index in [1.54, 1.807) is 6.20 Å². The second-order valence-electron chi connectivity index (χ2n) is 5.18. The molecule has 1 fully saturated rings. The van der Waals surface area contributed by atoms with Crippen molar-refractivity contribution in [2.75, 3.05) is 36.8 Å². The van der Waals surface area contributed by atoms with E-state index in [2.05, 4.69) is 32.4 Å². The van der Waals surface area contributed by atoms with Gasteiger partial charge in [-0.3, -0.25) is 0 Å². The van der Waals surface area contributed by atoms with Crippen LogP contribution in [0.5, 0.6) is 0 Å². The maximum atomic E-state index is 6.17. The number of piperidine rings is 1. The molecule has 0 spiro atoms. The Kier molecular flexibility index (Phi) is 5.86. The fraction of sp³-hybridized carbons (Fsp3) is 0.714. The summed E-state index contributed by atoms with van der Waals surface area (Å²) in [6, 6.07) is 0.449. The minimum Gasteiger partial charge on any atom is -0.366 e. The molecule has 2 heterocycles. The van der Waals surface area contributed by atoms with Crippen LogP contribution in [0, 0.1) is 0 Å². The SMILES string of the molecule is CCCN1CCC(Nc2nc(NCC)ncc2Cl)CC1. The highest BCUT2D eigenvalue weighted by atomic mass is 35.5. The quantitative estimate of drug-likeness (QED) is 0.845. The van der Waals surface area contributed by atoms with Gasteiger partial charge < -0.3 is 15.5 Å². The summed E-state index contributed by atoms with van der Waals surface area (Å²) in [5.74, 6) is 1.37. The Hall–Kier alpha value is -1.07. The molecule has 2 rings (SSSR count). The van der Waals surface area contributed by atoms with Crippen LogP contribution in [-0.4, -0.2) is 47.1 Å². The van der Waals surface area contributed by atoms with Crippen LogP contribution in [0.25, 0.3) is 0 Å². The summed E-state index contributed by atoms with van der Waals surface area (Å²) >= 11 is 6.17. The topological polar surface area (TPSA) is 53.1 Å². The molecule has 0 amide bonds. The lowest BCUT2D eigenvalue weighted by atomic mass is 10.0. The number of likely N-dealkylation sites (tertiary alicyclic amines) is 1. The number of hydrogen-bond donors (Lipinski definition) is 2. The third-order valence-electron chi connectivity index (χ3n) is 3.55. The Labute approximate surface area is 126 Å². The summed E-state index contributed by atoms with van der Waals surface area (Å²) in [5.41, 5.74) is 0. The summed E-state index contributed by atoms with van der Waals surface area (Å²) in [5, 5.41) is 7.15. The van der Waals surface area contributed by atoms with Crippen molar-refractivity contribution < 1.29 is 0 Å². The number of nitrogens with one attached hydrogen (secondary N) is 2. The molecule has 0 aliphatic carbocycles. The summed E-state index contributed by atoms with van der Waals surface area (Å²) in [4.78, 5) is 11.1. The summed E-state index contributed by atoms with van der Waals surface area (Å²) in [6.07, 6.45) is 5.15. The van der Waals surface area contributed by atoms with Crippen LogP contribution in [0.1, 0.15) is 33.1 Å². The van der Waals surface area contributed by atoms with Crippen molar-refractivity contribution in [1.82, 2.24) is 14.9 Å². The van der Waals surface area contributed by atoms with Gasteiger partial charge in [0.15, 0.2) is 5.82 Å². The highest BCUT2D eigenvalue weighted by Crippen LogP contribution is 2.23. The molecule has 0 unspecified atom stereocenters. The van der Waals surface area contributed by atoms with E-state index in [0.29, 0.717) is 17.0 Å². The Morgan fingerprint density at radius 1 is 1.35 bits per heavy atom. The molecule has 0 atom stereocenters. The average molecular weight is 298 g/mol. The summed E-state index contributed by atoms with van der Waals surface area (Å²) < 4.78 is 0. The van der Waals surface area contributed by atoms with Crippen LogP contribution in [0.15, 0.2) is 6.20 Å². The Bertz CT molecular complexity index is 418. The van der Waals surface area contributed by atoms with E-state index in [-0.39, 0.29) is 0 Å². The van der Waals surface area contributed by atoms with Crippen LogP contribution in [-0.2, 0) is 0 Å². The zero-order chi connectivity index (χ0) is 14.4. The van der Waals surface area contributed by atoms with E-state index in [4.69, 9.17) is 11.6 Å². The van der Waals surface area contributed by atoms with Crippen molar-refractivity contribution >= 4 is 23.4 Å². The van der Waals surface area contributed by atoms with E-state index in [1.807, 2.05) is 6.92 Å². The molecule has 6 heteroatoms. The van der Waals surface area contributed by atoms with Gasteiger partial charge in [-0.05, 0) is 32.7 Å². The van der Waals surface area contributed by atoms with Crippen LogP contribution < -0.4 is 10.6 Å². The van der Waals surface area contributed by atoms with Gasteiger partial charge >= 0.3 is 0 Å². The largest absolute Gasteiger partial charge is 0.366 e. The second-order valence-corrected chi connectivity index (χ2v) is 5.59. The van der Waals surface area contributed by atoms with Gasteiger partial charge in [0.1, 0.15) is 5.02 Å². The van der Waals surface area contributed by atoms with Gasteiger partial charge in [0.25, 0.3) is 0 Å². The number of nitrogens with zero attached hydrogens (tertiary/aromatic N) is 3. The third-order valence-corrected chi connectivity index (χ3v) is 3.82. The first kappa shape index (κ1) is 15.3. The van der Waals surface area contributed by atoms with E-state index in [1.165, 1.54) is 13.0 Å². The molecule has 1 aromatic heterocycles. The maximum Gasteiger partial charge on any atom is 0.224 e. The molecule has 112 valence electrons. The van der Waals surface area contributed by atoms with Gasteiger partial charge in [0.2, 0.25) is 5.95 Å². The van der Waals surface area contributed by atoms with E-state index < -0.39 is 0 Å². The average Bonchev–Trinajstić information content (AvgIpc) is 2.45. The second kappa shape index (κ2) is 7.64. The zero-order valence-electron chi connectivity index (χ0n) is 12.3. The molecule has 5 nitrogen and oxygen atoms in total. The molecule has 0 aromatic carbocycles. The van der Waals surface area contributed by atoms with Crippen molar-refractivity contribution in [2.24, 2.45) is 0 Å². The van der Waals surface area contributed by atoms with Crippen molar-refractivity contribution in [3.8, 4) is 0 Å². The van der Waals surface area contributed by atoms with E-state index in [0.717, 1.165) is 38.3 Å². The van der Waals surface area contributed by atoms with Gasteiger partial charge in [-0.1, -0.05) is 18.5 Å². The Morgan fingerprint density at radius 2 is 2.10 bits per heavy atom. The van der Waals surface area contributed by atoms with Crippen molar-refractivity contribution in [2.45, 2.75) is 39.2 Å². The number of anilines is 2. The van der Waals surface area contributed by atoms with Crippen LogP contribution in [0.2, 0.25) is 5.02 Å². The van der Waals surface area contributed by atoms with Gasteiger partial charge in [-0.15, -0.1) is 0 Å². The fourth-order valence-corrected chi connectivity index (χ4v) is 2.67. The Balaban J connectivity index is 1.92. The molecule has 2 N–H and O–H groups in total. The lowest BCUT2D eigenvalue weighted by Crippen LogP contribution is -2.39. The van der Waals surface area contributed by atoms with Gasteiger partial charge in [-0.25, -0.2) is 4.98 Å². The van der Waals surface area contributed by atoms with Crippen LogP contribution in [0.3, 0.4) is 0 Å². The first-order valence-electron chi connectivity index (χ1n) is 7.48.